The summed E-state index contributed by atoms with van der Waals surface area (Å²) in [6.45, 7) is 19.2. The summed E-state index contributed by atoms with van der Waals surface area (Å²) in [7, 11) is 0. The molecule has 0 aliphatic carbocycles. The molecule has 4 heteroatoms. The third-order valence-electron chi connectivity index (χ3n) is 11.0. The van der Waals surface area contributed by atoms with Crippen molar-refractivity contribution in [2.45, 2.75) is 233 Å². The van der Waals surface area contributed by atoms with Crippen LogP contribution in [0.15, 0.2) is 0 Å². The Morgan fingerprint density at radius 2 is 0.440 bits per heavy atom. The standard InChI is InChI=1S/C46H96NO3/c1-5-9-13-17-21-25-29-33-37-47(38-44-48-41-34-30-26-22-18-14-10-6-2,39-45-49-42-35-31-27-23-19-15-11-7-3)40-46-50-43-36-32-28-24-20-16-12-8-4/h5-46H2,1-4H3/q+1. The first-order valence-corrected chi connectivity index (χ1v) is 23.3. The van der Waals surface area contributed by atoms with Gasteiger partial charge in [0.2, 0.25) is 0 Å². The quantitative estimate of drug-likeness (QED) is 0.0465. The normalized spacial score (nSPS) is 12.0. The summed E-state index contributed by atoms with van der Waals surface area (Å²) < 4.78 is 20.1. The van der Waals surface area contributed by atoms with Crippen LogP contribution in [0.2, 0.25) is 0 Å². The number of nitrogens with zero attached hydrogens (tertiary/aromatic N) is 1. The molecule has 0 N–H and O–H groups in total. The molecule has 0 aliphatic heterocycles. The van der Waals surface area contributed by atoms with E-state index in [0.717, 1.165) is 63.8 Å². The van der Waals surface area contributed by atoms with E-state index >= 15 is 0 Å². The molecule has 0 heterocycles. The zero-order chi connectivity index (χ0) is 36.3. The maximum absolute atomic E-state index is 6.33. The summed E-state index contributed by atoms with van der Waals surface area (Å²) in [6.07, 6.45) is 43.7. The van der Waals surface area contributed by atoms with Crippen LogP contribution < -0.4 is 0 Å². The van der Waals surface area contributed by atoms with Crippen LogP contribution in [0.1, 0.15) is 233 Å². The monoisotopic (exact) mass is 711 g/mol. The smallest absolute Gasteiger partial charge is 0.103 e. The van der Waals surface area contributed by atoms with E-state index in [1.165, 1.54) is 212 Å². The Morgan fingerprint density at radius 3 is 0.700 bits per heavy atom. The Kier molecular flexibility index (Phi) is 43.1. The van der Waals surface area contributed by atoms with E-state index in [0.29, 0.717) is 0 Å². The van der Waals surface area contributed by atoms with Gasteiger partial charge < -0.3 is 18.7 Å². The summed E-state index contributed by atoms with van der Waals surface area (Å²) in [5, 5.41) is 0. The van der Waals surface area contributed by atoms with Crippen molar-refractivity contribution in [2.24, 2.45) is 0 Å². The third-order valence-corrected chi connectivity index (χ3v) is 11.0. The summed E-state index contributed by atoms with van der Waals surface area (Å²) in [5.74, 6) is 0. The molecule has 0 saturated carbocycles. The fourth-order valence-corrected chi connectivity index (χ4v) is 7.35. The van der Waals surface area contributed by atoms with Crippen LogP contribution in [0.3, 0.4) is 0 Å². The van der Waals surface area contributed by atoms with Crippen molar-refractivity contribution in [3.8, 4) is 0 Å². The van der Waals surface area contributed by atoms with E-state index in [9.17, 15) is 0 Å². The van der Waals surface area contributed by atoms with Crippen molar-refractivity contribution in [2.75, 3.05) is 65.8 Å². The average molecular weight is 711 g/mol. The maximum atomic E-state index is 6.33. The maximum Gasteiger partial charge on any atom is 0.103 e. The Morgan fingerprint density at radius 1 is 0.220 bits per heavy atom. The highest BCUT2D eigenvalue weighted by atomic mass is 16.5. The lowest BCUT2D eigenvalue weighted by molar-refractivity contribution is -0.929. The molecular weight excluding hydrogens is 615 g/mol. The minimum Gasteiger partial charge on any atom is -0.376 e. The molecule has 0 rings (SSSR count). The number of hydrogen-bond acceptors (Lipinski definition) is 3. The summed E-state index contributed by atoms with van der Waals surface area (Å²) in [4.78, 5) is 0. The highest BCUT2D eigenvalue weighted by Gasteiger charge is 2.27. The molecule has 50 heavy (non-hydrogen) atoms. The fraction of sp³-hybridized carbons (Fsp3) is 1.00. The Hall–Kier alpha value is -0.160. The van der Waals surface area contributed by atoms with Crippen molar-refractivity contribution in [3.63, 3.8) is 0 Å². The van der Waals surface area contributed by atoms with Gasteiger partial charge in [0.05, 0.1) is 26.4 Å². The highest BCUT2D eigenvalue weighted by molar-refractivity contribution is 4.54. The zero-order valence-electron chi connectivity index (χ0n) is 35.4. The summed E-state index contributed by atoms with van der Waals surface area (Å²) in [5.41, 5.74) is 0. The van der Waals surface area contributed by atoms with Crippen molar-refractivity contribution >= 4 is 0 Å². The van der Waals surface area contributed by atoms with Crippen molar-refractivity contribution < 1.29 is 18.7 Å². The predicted octanol–water partition coefficient (Wildman–Crippen LogP) is 14.4. The van der Waals surface area contributed by atoms with E-state index in [1.54, 1.807) is 0 Å². The number of ether oxygens (including phenoxy) is 3. The van der Waals surface area contributed by atoms with E-state index in [1.807, 2.05) is 0 Å². The van der Waals surface area contributed by atoms with Gasteiger partial charge in [-0.3, -0.25) is 0 Å². The number of quaternary nitrogens is 1. The van der Waals surface area contributed by atoms with Crippen molar-refractivity contribution in [1.82, 2.24) is 0 Å². The molecule has 0 radical (unpaired) electrons. The summed E-state index contributed by atoms with van der Waals surface area (Å²) >= 11 is 0. The van der Waals surface area contributed by atoms with Gasteiger partial charge in [-0.25, -0.2) is 0 Å². The van der Waals surface area contributed by atoms with E-state index in [-0.39, 0.29) is 0 Å². The second-order valence-corrected chi connectivity index (χ2v) is 16.0. The molecule has 4 nitrogen and oxygen atoms in total. The van der Waals surface area contributed by atoms with Gasteiger partial charge in [0.15, 0.2) is 0 Å². The van der Waals surface area contributed by atoms with Gasteiger partial charge >= 0.3 is 0 Å². The third kappa shape index (κ3) is 37.6. The lowest BCUT2D eigenvalue weighted by Gasteiger charge is -2.39. The largest absolute Gasteiger partial charge is 0.376 e. The van der Waals surface area contributed by atoms with Crippen LogP contribution in [0.25, 0.3) is 0 Å². The predicted molar refractivity (Wildman–Crippen MR) is 223 cm³/mol. The molecule has 0 saturated heterocycles. The number of rotatable bonds is 45. The second kappa shape index (κ2) is 43.2. The van der Waals surface area contributed by atoms with Crippen LogP contribution in [0.4, 0.5) is 0 Å². The van der Waals surface area contributed by atoms with E-state index < -0.39 is 0 Å². The molecule has 0 aromatic carbocycles. The first-order valence-electron chi connectivity index (χ1n) is 23.3. The Balaban J connectivity index is 4.84. The van der Waals surface area contributed by atoms with Crippen LogP contribution in [0.5, 0.6) is 0 Å². The summed E-state index contributed by atoms with van der Waals surface area (Å²) in [6, 6.07) is 0. The fourth-order valence-electron chi connectivity index (χ4n) is 7.35. The van der Waals surface area contributed by atoms with Crippen molar-refractivity contribution in [3.05, 3.63) is 0 Å². The minimum atomic E-state index is 0.879. The highest BCUT2D eigenvalue weighted by Crippen LogP contribution is 2.16. The number of hydrogen-bond donors (Lipinski definition) is 0. The molecule has 0 aromatic rings. The molecule has 0 spiro atoms. The van der Waals surface area contributed by atoms with E-state index in [2.05, 4.69) is 27.7 Å². The van der Waals surface area contributed by atoms with Crippen LogP contribution in [-0.2, 0) is 14.2 Å². The van der Waals surface area contributed by atoms with Gasteiger partial charge in [0.1, 0.15) is 19.6 Å². The number of unbranched alkanes of at least 4 members (excludes halogenated alkanes) is 28. The lowest BCUT2D eigenvalue weighted by Crippen LogP contribution is -2.54. The van der Waals surface area contributed by atoms with Gasteiger partial charge in [-0.2, -0.15) is 0 Å². The van der Waals surface area contributed by atoms with Crippen molar-refractivity contribution in [1.29, 1.82) is 0 Å². The van der Waals surface area contributed by atoms with Crippen LogP contribution >= 0.6 is 0 Å². The molecule has 0 amide bonds. The van der Waals surface area contributed by atoms with Gasteiger partial charge in [0.25, 0.3) is 0 Å². The van der Waals surface area contributed by atoms with Gasteiger partial charge in [0, 0.05) is 19.8 Å². The molecule has 0 aliphatic rings. The second-order valence-electron chi connectivity index (χ2n) is 16.0. The molecule has 0 bridgehead atoms. The van der Waals surface area contributed by atoms with Gasteiger partial charge in [-0.15, -0.1) is 0 Å². The van der Waals surface area contributed by atoms with Gasteiger partial charge in [-0.05, 0) is 32.1 Å². The molecule has 0 unspecified atom stereocenters. The first-order chi connectivity index (χ1) is 24.7. The first kappa shape index (κ1) is 49.8. The Bertz CT molecular complexity index is 535. The molecule has 302 valence electrons. The van der Waals surface area contributed by atoms with Gasteiger partial charge in [-0.1, -0.05) is 201 Å². The molecule has 0 atom stereocenters. The molecular formula is C46H96NO3+. The SMILES string of the molecule is CCCCCCCCCCOCC[N+](CCCCCCCCCC)(CCOCCCCCCCCCC)CCOCCCCCCCCCC. The zero-order valence-corrected chi connectivity index (χ0v) is 35.4. The minimum absolute atomic E-state index is 0.879. The van der Waals surface area contributed by atoms with E-state index in [4.69, 9.17) is 14.2 Å². The molecule has 0 fully saturated rings. The molecule has 0 aromatic heterocycles. The van der Waals surface area contributed by atoms with Crippen LogP contribution in [0, 0.1) is 0 Å². The topological polar surface area (TPSA) is 27.7 Å². The van der Waals surface area contributed by atoms with Crippen LogP contribution in [-0.4, -0.2) is 70.3 Å². The Labute approximate surface area is 316 Å². The lowest BCUT2D eigenvalue weighted by atomic mass is 10.1. The average Bonchev–Trinajstić information content (AvgIpc) is 3.13.